The van der Waals surface area contributed by atoms with Gasteiger partial charge in [-0.1, -0.05) is 31.8 Å². The molecular formula is C28H36FN7O4Si. The fraction of sp³-hybridized carbons (Fsp3) is 0.464. The van der Waals surface area contributed by atoms with Gasteiger partial charge in [0.2, 0.25) is 0 Å². The third kappa shape index (κ3) is 6.63. The molecule has 0 aliphatic heterocycles. The van der Waals surface area contributed by atoms with Crippen LogP contribution in [-0.4, -0.2) is 74.4 Å². The van der Waals surface area contributed by atoms with Gasteiger partial charge in [0.15, 0.2) is 5.82 Å². The molecule has 1 aliphatic carbocycles. The standard InChI is InChI=1S/C28H36FN7O4Si/c1-39-20-12-18(33-28(37)38)11-19(13-20)36-25-14-23(27-31-16-32-35(27)17-40-9-10-41(2,3)4)30-15-24(25)34-26(36)21-7-5-6-8-22(21)29/h5-8,14-16,18-20,33H,9-13,17H2,1-4H3,(H,37,38). The van der Waals surface area contributed by atoms with E-state index in [0.717, 1.165) is 11.6 Å². The molecule has 0 spiro atoms. The predicted molar refractivity (Wildman–Crippen MR) is 155 cm³/mol. The summed E-state index contributed by atoms with van der Waals surface area (Å²) in [5.74, 6) is 0.597. The van der Waals surface area contributed by atoms with E-state index in [0.29, 0.717) is 54.3 Å². The molecule has 3 aromatic heterocycles. The lowest BCUT2D eigenvalue weighted by molar-refractivity contribution is 0.0411. The lowest BCUT2D eigenvalue weighted by Gasteiger charge is -2.35. The number of rotatable bonds is 10. The van der Waals surface area contributed by atoms with Crippen molar-refractivity contribution in [2.75, 3.05) is 13.7 Å². The van der Waals surface area contributed by atoms with Crippen molar-refractivity contribution in [2.24, 2.45) is 0 Å². The maximum Gasteiger partial charge on any atom is 0.404 e. The summed E-state index contributed by atoms with van der Waals surface area (Å²) in [6.07, 6.45) is 3.51. The van der Waals surface area contributed by atoms with E-state index in [1.807, 2.05) is 10.6 Å². The second-order valence-electron chi connectivity index (χ2n) is 11.6. The van der Waals surface area contributed by atoms with Gasteiger partial charge in [-0.25, -0.2) is 23.8 Å². The molecule has 3 atom stereocenters. The third-order valence-electron chi connectivity index (χ3n) is 7.41. The number of carboxylic acid groups (broad SMARTS) is 1. The highest BCUT2D eigenvalue weighted by Gasteiger charge is 2.34. The number of nitrogens with one attached hydrogen (secondary N) is 1. The number of carbonyl (C=O) groups is 1. The van der Waals surface area contributed by atoms with Gasteiger partial charge in [-0.2, -0.15) is 5.10 Å². The van der Waals surface area contributed by atoms with Gasteiger partial charge in [0, 0.05) is 33.9 Å². The zero-order chi connectivity index (χ0) is 29.1. The minimum atomic E-state index is -1.23. The number of methoxy groups -OCH3 is 1. The molecule has 0 saturated heterocycles. The Bertz CT molecular complexity index is 1520. The number of nitrogens with zero attached hydrogens (tertiary/aromatic N) is 6. The van der Waals surface area contributed by atoms with E-state index in [9.17, 15) is 9.90 Å². The van der Waals surface area contributed by atoms with Crippen molar-refractivity contribution < 1.29 is 23.8 Å². The van der Waals surface area contributed by atoms with Gasteiger partial charge < -0.3 is 24.5 Å². The Kier molecular flexibility index (Phi) is 8.47. The summed E-state index contributed by atoms with van der Waals surface area (Å²) >= 11 is 0. The van der Waals surface area contributed by atoms with Crippen LogP contribution in [0.5, 0.6) is 0 Å². The van der Waals surface area contributed by atoms with Crippen LogP contribution >= 0.6 is 0 Å². The number of benzene rings is 1. The summed E-state index contributed by atoms with van der Waals surface area (Å²) < 4.78 is 30.4. The SMILES string of the molecule is COC1CC(NC(=O)O)CC(n2c(-c3ccccc3F)nc3cnc(-c4ncnn4COCC[Si](C)(C)C)cc32)C1. The first kappa shape index (κ1) is 28.8. The van der Waals surface area contributed by atoms with Crippen LogP contribution in [0.3, 0.4) is 0 Å². The predicted octanol–water partition coefficient (Wildman–Crippen LogP) is 5.18. The van der Waals surface area contributed by atoms with Crippen molar-refractivity contribution in [3.63, 3.8) is 0 Å². The maximum absolute atomic E-state index is 15.1. The summed E-state index contributed by atoms with van der Waals surface area (Å²) in [7, 11) is 0.393. The van der Waals surface area contributed by atoms with Gasteiger partial charge >= 0.3 is 6.09 Å². The highest BCUT2D eigenvalue weighted by molar-refractivity contribution is 6.76. The van der Waals surface area contributed by atoms with Gasteiger partial charge in [0.1, 0.15) is 35.9 Å². The molecule has 1 saturated carbocycles. The summed E-state index contributed by atoms with van der Waals surface area (Å²) in [5.41, 5.74) is 2.25. The summed E-state index contributed by atoms with van der Waals surface area (Å²) in [6.45, 7) is 7.80. The van der Waals surface area contributed by atoms with Crippen LogP contribution in [-0.2, 0) is 16.2 Å². The fourth-order valence-corrected chi connectivity index (χ4v) is 6.10. The summed E-state index contributed by atoms with van der Waals surface area (Å²) in [5, 5.41) is 16.4. The minimum Gasteiger partial charge on any atom is -0.465 e. The fourth-order valence-electron chi connectivity index (χ4n) is 5.34. The molecule has 4 aromatic rings. The number of aromatic nitrogens is 6. The molecular weight excluding hydrogens is 545 g/mol. The molecule has 41 heavy (non-hydrogen) atoms. The number of fused-ring (bicyclic) bond motifs is 1. The number of imidazole rings is 1. The molecule has 0 radical (unpaired) electrons. The normalized spacial score (nSPS) is 19.5. The first-order valence-electron chi connectivity index (χ1n) is 13.7. The van der Waals surface area contributed by atoms with E-state index in [4.69, 9.17) is 14.5 Å². The quantitative estimate of drug-likeness (QED) is 0.194. The van der Waals surface area contributed by atoms with Gasteiger partial charge in [0.05, 0.1) is 23.4 Å². The minimum absolute atomic E-state index is 0.186. The molecule has 3 heterocycles. The number of amides is 1. The topological polar surface area (TPSA) is 129 Å². The molecule has 1 aromatic carbocycles. The van der Waals surface area contributed by atoms with Crippen molar-refractivity contribution in [1.82, 2.24) is 34.6 Å². The van der Waals surface area contributed by atoms with Gasteiger partial charge in [0.25, 0.3) is 0 Å². The summed E-state index contributed by atoms with van der Waals surface area (Å²) in [4.78, 5) is 25.4. The van der Waals surface area contributed by atoms with E-state index < -0.39 is 20.0 Å². The average Bonchev–Trinajstić information content (AvgIpc) is 3.54. The first-order valence-corrected chi connectivity index (χ1v) is 17.4. The number of pyridine rings is 1. The Labute approximate surface area is 238 Å². The molecule has 218 valence electrons. The van der Waals surface area contributed by atoms with Crippen LogP contribution in [0.4, 0.5) is 9.18 Å². The second-order valence-corrected chi connectivity index (χ2v) is 17.3. The molecule has 1 fully saturated rings. The van der Waals surface area contributed by atoms with E-state index in [1.165, 1.54) is 12.4 Å². The molecule has 11 nitrogen and oxygen atoms in total. The number of hydrogen-bond donors (Lipinski definition) is 2. The smallest absolute Gasteiger partial charge is 0.404 e. The lowest BCUT2D eigenvalue weighted by atomic mass is 9.88. The van der Waals surface area contributed by atoms with E-state index in [1.54, 1.807) is 36.2 Å². The number of hydrogen-bond acceptors (Lipinski definition) is 7. The average molecular weight is 582 g/mol. The molecule has 5 rings (SSSR count). The number of ether oxygens (including phenoxy) is 2. The Morgan fingerprint density at radius 2 is 1.98 bits per heavy atom. The van der Waals surface area contributed by atoms with Gasteiger partial charge in [-0.3, -0.25) is 4.98 Å². The van der Waals surface area contributed by atoms with Gasteiger partial charge in [-0.05, 0) is 43.5 Å². The molecule has 0 bridgehead atoms. The molecule has 1 amide bonds. The third-order valence-corrected chi connectivity index (χ3v) is 9.11. The Morgan fingerprint density at radius 3 is 2.71 bits per heavy atom. The highest BCUT2D eigenvalue weighted by atomic mass is 28.3. The van der Waals surface area contributed by atoms with Crippen molar-refractivity contribution in [2.45, 2.75) is 69.9 Å². The van der Waals surface area contributed by atoms with E-state index >= 15 is 4.39 Å². The Morgan fingerprint density at radius 1 is 1.17 bits per heavy atom. The number of halogens is 1. The van der Waals surface area contributed by atoms with Crippen LogP contribution in [0.1, 0.15) is 25.3 Å². The van der Waals surface area contributed by atoms with Crippen molar-refractivity contribution in [3.05, 3.63) is 48.7 Å². The molecule has 3 unspecified atom stereocenters. The second kappa shape index (κ2) is 12.0. The monoisotopic (exact) mass is 581 g/mol. The van der Waals surface area contributed by atoms with E-state index in [2.05, 4.69) is 40.0 Å². The largest absolute Gasteiger partial charge is 0.465 e. The first-order chi connectivity index (χ1) is 19.6. The molecule has 1 aliphatic rings. The van der Waals surface area contributed by atoms with Crippen molar-refractivity contribution in [3.8, 4) is 22.9 Å². The zero-order valence-electron chi connectivity index (χ0n) is 23.7. The Balaban J connectivity index is 1.56. The van der Waals surface area contributed by atoms with Crippen LogP contribution in [0.15, 0.2) is 42.9 Å². The highest BCUT2D eigenvalue weighted by Crippen LogP contribution is 2.38. The Hall–Kier alpha value is -3.68. The molecule has 2 N–H and O–H groups in total. The van der Waals surface area contributed by atoms with Crippen LogP contribution < -0.4 is 5.32 Å². The van der Waals surface area contributed by atoms with Crippen molar-refractivity contribution >= 4 is 25.2 Å². The van der Waals surface area contributed by atoms with Crippen LogP contribution in [0.2, 0.25) is 25.7 Å². The van der Waals surface area contributed by atoms with Crippen LogP contribution in [0.25, 0.3) is 33.9 Å². The van der Waals surface area contributed by atoms with Crippen molar-refractivity contribution in [1.29, 1.82) is 0 Å². The van der Waals surface area contributed by atoms with E-state index in [-0.39, 0.29) is 24.9 Å². The van der Waals surface area contributed by atoms with Gasteiger partial charge in [-0.15, -0.1) is 0 Å². The maximum atomic E-state index is 15.1. The summed E-state index contributed by atoms with van der Waals surface area (Å²) in [6, 6.07) is 8.87. The lowest BCUT2D eigenvalue weighted by Crippen LogP contribution is -2.43. The van der Waals surface area contributed by atoms with Crippen LogP contribution in [0, 0.1) is 5.82 Å². The zero-order valence-corrected chi connectivity index (χ0v) is 24.7. The molecule has 13 heteroatoms.